The average molecular weight is 346 g/mol. The van der Waals surface area contributed by atoms with Gasteiger partial charge in [-0.2, -0.15) is 0 Å². The molecule has 0 saturated carbocycles. The molecule has 0 saturated heterocycles. The van der Waals surface area contributed by atoms with Crippen molar-refractivity contribution in [2.24, 2.45) is 11.7 Å². The molecule has 0 aromatic rings. The van der Waals surface area contributed by atoms with Crippen LogP contribution in [0.4, 0.5) is 0 Å². The molecule has 0 unspecified atom stereocenters. The smallest absolute Gasteiger partial charge is 0.312 e. The van der Waals surface area contributed by atoms with Crippen LogP contribution in [0.25, 0.3) is 0 Å². The Hall–Kier alpha value is -2.65. The molecule has 10 heteroatoms. The summed E-state index contributed by atoms with van der Waals surface area (Å²) < 4.78 is 14.0. The number of carbonyl (C=O) groups is 5. The summed E-state index contributed by atoms with van der Waals surface area (Å²) in [5.74, 6) is -5.60. The van der Waals surface area contributed by atoms with Crippen LogP contribution in [-0.2, 0) is 38.2 Å². The van der Waals surface area contributed by atoms with Crippen molar-refractivity contribution in [3.63, 3.8) is 0 Å². The summed E-state index contributed by atoms with van der Waals surface area (Å²) in [4.78, 5) is 57.6. The molecule has 0 radical (unpaired) electrons. The van der Waals surface area contributed by atoms with Crippen molar-refractivity contribution in [1.82, 2.24) is 5.32 Å². The molecule has 2 amide bonds. The number of nitrogens with one attached hydrogen (secondary N) is 1. The number of primary amides is 1. The molecule has 0 aliphatic carbocycles. The van der Waals surface area contributed by atoms with Crippen molar-refractivity contribution in [3.05, 3.63) is 0 Å². The maximum Gasteiger partial charge on any atom is 0.312 e. The predicted molar refractivity (Wildman–Crippen MR) is 79.1 cm³/mol. The van der Waals surface area contributed by atoms with Gasteiger partial charge in [0.05, 0.1) is 25.6 Å². The lowest BCUT2D eigenvalue weighted by atomic mass is 9.95. The van der Waals surface area contributed by atoms with E-state index < -0.39 is 54.7 Å². The van der Waals surface area contributed by atoms with Gasteiger partial charge in [-0.15, -0.1) is 0 Å². The summed E-state index contributed by atoms with van der Waals surface area (Å²) in [6.07, 6.45) is -0.506. The monoisotopic (exact) mass is 346 g/mol. The van der Waals surface area contributed by atoms with Crippen LogP contribution < -0.4 is 11.1 Å². The molecular weight excluding hydrogens is 324 g/mol. The number of esters is 3. The number of carbonyl (C=O) groups excluding carboxylic acids is 5. The summed E-state index contributed by atoms with van der Waals surface area (Å²) in [7, 11) is 0. The maximum absolute atomic E-state index is 12.0. The number of rotatable bonds is 10. The number of hydrogen-bond donors (Lipinski definition) is 2. The van der Waals surface area contributed by atoms with Gasteiger partial charge in [-0.25, -0.2) is 0 Å². The molecule has 3 N–H and O–H groups in total. The molecule has 10 nitrogen and oxygen atoms in total. The highest BCUT2D eigenvalue weighted by Gasteiger charge is 2.37. The third-order valence-electron chi connectivity index (χ3n) is 2.71. The first kappa shape index (κ1) is 21.4. The molecule has 136 valence electrons. The lowest BCUT2D eigenvalue weighted by Crippen LogP contribution is -2.53. The second kappa shape index (κ2) is 11.0. The Kier molecular flexibility index (Phi) is 9.76. The van der Waals surface area contributed by atoms with E-state index in [1.807, 2.05) is 0 Å². The largest absolute Gasteiger partial charge is 0.466 e. The van der Waals surface area contributed by atoms with Crippen LogP contribution >= 0.6 is 0 Å². The maximum atomic E-state index is 12.0. The molecule has 2 atom stereocenters. The number of ether oxygens (including phenoxy) is 3. The van der Waals surface area contributed by atoms with Gasteiger partial charge in [-0.1, -0.05) is 0 Å². The van der Waals surface area contributed by atoms with Crippen LogP contribution in [0, 0.1) is 5.92 Å². The van der Waals surface area contributed by atoms with E-state index in [1.54, 1.807) is 6.92 Å². The molecule has 0 aliphatic heterocycles. The molecule has 0 rings (SSSR count). The quantitative estimate of drug-likeness (QED) is 0.364. The molecule has 0 bridgehead atoms. The number of amides is 2. The molecule has 0 aliphatic rings. The summed E-state index contributed by atoms with van der Waals surface area (Å²) in [6.45, 7) is 3.64. The van der Waals surface area contributed by atoms with Crippen molar-refractivity contribution in [3.8, 4) is 0 Å². The van der Waals surface area contributed by atoms with Crippen molar-refractivity contribution >= 4 is 29.7 Å². The average Bonchev–Trinajstić information content (AvgIpc) is 2.48. The molecule has 0 spiro atoms. The fraction of sp³-hybridized carbons (Fsp3) is 0.643. The van der Waals surface area contributed by atoms with E-state index >= 15 is 0 Å². The Bertz CT molecular complexity index is 491. The zero-order valence-corrected chi connectivity index (χ0v) is 13.8. The minimum Gasteiger partial charge on any atom is -0.466 e. The van der Waals surface area contributed by atoms with Gasteiger partial charge in [0.2, 0.25) is 5.91 Å². The minimum absolute atomic E-state index is 0.00499. The van der Waals surface area contributed by atoms with Crippen LogP contribution in [0.5, 0.6) is 0 Å². The number of hydrogen-bond acceptors (Lipinski definition) is 8. The zero-order valence-electron chi connectivity index (χ0n) is 13.8. The molecule has 0 aromatic carbocycles. The van der Waals surface area contributed by atoms with E-state index in [0.717, 1.165) is 6.92 Å². The third kappa shape index (κ3) is 8.11. The molecular formula is C14H22N2O8. The van der Waals surface area contributed by atoms with Crippen LogP contribution in [0.3, 0.4) is 0 Å². The standard InChI is InChI=1S/C14H22N2O8/c1-4-22-11(19)6-9(14(21)23-5-2)12(13(15)20)16-10(18)7-24-8(3)17/h9,12H,4-7H2,1-3H3,(H2,15,20)(H,16,18)/t9-,12+/m1/s1. The van der Waals surface area contributed by atoms with Crippen LogP contribution in [-0.4, -0.2) is 55.6 Å². The Morgan fingerprint density at radius 2 is 1.58 bits per heavy atom. The van der Waals surface area contributed by atoms with Crippen molar-refractivity contribution in [1.29, 1.82) is 0 Å². The van der Waals surface area contributed by atoms with E-state index in [4.69, 9.17) is 15.2 Å². The topological polar surface area (TPSA) is 151 Å². The normalized spacial score (nSPS) is 12.5. The second-order valence-corrected chi connectivity index (χ2v) is 4.60. The van der Waals surface area contributed by atoms with Gasteiger partial charge >= 0.3 is 17.9 Å². The molecule has 0 heterocycles. The third-order valence-corrected chi connectivity index (χ3v) is 2.71. The van der Waals surface area contributed by atoms with Crippen molar-refractivity contribution in [2.75, 3.05) is 19.8 Å². The van der Waals surface area contributed by atoms with Gasteiger partial charge in [0.25, 0.3) is 5.91 Å². The summed E-state index contributed by atoms with van der Waals surface area (Å²) in [5, 5.41) is 2.16. The Labute approximate surface area is 139 Å². The van der Waals surface area contributed by atoms with E-state index in [-0.39, 0.29) is 13.2 Å². The van der Waals surface area contributed by atoms with Gasteiger partial charge in [-0.05, 0) is 13.8 Å². The van der Waals surface area contributed by atoms with Gasteiger partial charge in [-0.3, -0.25) is 24.0 Å². The van der Waals surface area contributed by atoms with Gasteiger partial charge in [0, 0.05) is 6.92 Å². The Morgan fingerprint density at radius 3 is 2.04 bits per heavy atom. The summed E-state index contributed by atoms with van der Waals surface area (Å²) in [5.41, 5.74) is 5.20. The highest BCUT2D eigenvalue weighted by atomic mass is 16.5. The fourth-order valence-electron chi connectivity index (χ4n) is 1.74. The minimum atomic E-state index is -1.52. The first-order valence-electron chi connectivity index (χ1n) is 7.27. The second-order valence-electron chi connectivity index (χ2n) is 4.60. The lowest BCUT2D eigenvalue weighted by Gasteiger charge is -2.23. The van der Waals surface area contributed by atoms with Crippen LogP contribution in [0.2, 0.25) is 0 Å². The van der Waals surface area contributed by atoms with Crippen LogP contribution in [0.15, 0.2) is 0 Å². The zero-order chi connectivity index (χ0) is 18.7. The van der Waals surface area contributed by atoms with E-state index in [1.165, 1.54) is 6.92 Å². The highest BCUT2D eigenvalue weighted by Crippen LogP contribution is 2.13. The van der Waals surface area contributed by atoms with E-state index in [2.05, 4.69) is 10.1 Å². The van der Waals surface area contributed by atoms with E-state index in [0.29, 0.717) is 0 Å². The first-order chi connectivity index (χ1) is 11.2. The molecule has 0 aromatic heterocycles. The van der Waals surface area contributed by atoms with Gasteiger partial charge < -0.3 is 25.3 Å². The highest BCUT2D eigenvalue weighted by molar-refractivity contribution is 5.93. The lowest BCUT2D eigenvalue weighted by molar-refractivity contribution is -0.157. The van der Waals surface area contributed by atoms with E-state index in [9.17, 15) is 24.0 Å². The first-order valence-corrected chi connectivity index (χ1v) is 7.27. The molecule has 24 heavy (non-hydrogen) atoms. The van der Waals surface area contributed by atoms with Crippen molar-refractivity contribution in [2.45, 2.75) is 33.2 Å². The van der Waals surface area contributed by atoms with Crippen LogP contribution in [0.1, 0.15) is 27.2 Å². The predicted octanol–water partition coefficient (Wildman–Crippen LogP) is -1.35. The Balaban J connectivity index is 5.18. The molecule has 0 fully saturated rings. The van der Waals surface area contributed by atoms with Gasteiger partial charge in [0.15, 0.2) is 6.61 Å². The summed E-state index contributed by atoms with van der Waals surface area (Å²) in [6, 6.07) is -1.52. The van der Waals surface area contributed by atoms with Gasteiger partial charge in [0.1, 0.15) is 6.04 Å². The number of nitrogens with two attached hydrogens (primary N) is 1. The SMILES string of the molecule is CCOC(=O)C[C@@H](C(=O)OCC)[C@H](NC(=O)COC(C)=O)C(N)=O. The summed E-state index contributed by atoms with van der Waals surface area (Å²) >= 11 is 0. The Morgan fingerprint density at radius 1 is 1.00 bits per heavy atom. The fourth-order valence-corrected chi connectivity index (χ4v) is 1.74. The van der Waals surface area contributed by atoms with Crippen molar-refractivity contribution < 1.29 is 38.2 Å².